The van der Waals surface area contributed by atoms with Crippen LogP contribution < -0.4 is 0 Å². The maximum Gasteiger partial charge on any atom is 0.136 e. The minimum absolute atomic E-state index is 0.360. The fourth-order valence-electron chi connectivity index (χ4n) is 1.41. The van der Waals surface area contributed by atoms with E-state index < -0.39 is 0 Å². The van der Waals surface area contributed by atoms with Crippen molar-refractivity contribution in [2.75, 3.05) is 13.6 Å². The Kier molecular flexibility index (Phi) is 5.73. The SMILES string of the molecule is CC(O)CN(C)Cc1c(I)cc(Cl)nc1Cl. The molecule has 0 saturated carbocycles. The highest BCUT2D eigenvalue weighted by Gasteiger charge is 2.12. The van der Waals surface area contributed by atoms with Crippen molar-refractivity contribution in [1.82, 2.24) is 9.88 Å². The van der Waals surface area contributed by atoms with Crippen LogP contribution in [0.4, 0.5) is 0 Å². The molecule has 90 valence electrons. The van der Waals surface area contributed by atoms with E-state index in [9.17, 15) is 5.11 Å². The number of aromatic nitrogens is 1. The Morgan fingerprint density at radius 1 is 1.56 bits per heavy atom. The van der Waals surface area contributed by atoms with Crippen LogP contribution in [-0.4, -0.2) is 34.7 Å². The molecule has 0 amide bonds. The Balaban J connectivity index is 2.81. The quantitative estimate of drug-likeness (QED) is 0.650. The summed E-state index contributed by atoms with van der Waals surface area (Å²) in [6, 6.07) is 1.78. The summed E-state index contributed by atoms with van der Waals surface area (Å²) in [5, 5.41) is 10.1. The number of aliphatic hydroxyl groups is 1. The first-order valence-corrected chi connectivity index (χ1v) is 6.60. The van der Waals surface area contributed by atoms with Crippen LogP contribution in [0.1, 0.15) is 12.5 Å². The van der Waals surface area contributed by atoms with Crippen molar-refractivity contribution in [1.29, 1.82) is 0 Å². The Bertz CT molecular complexity index is 351. The Hall–Kier alpha value is 0.380. The summed E-state index contributed by atoms with van der Waals surface area (Å²) in [6.45, 7) is 2.99. The van der Waals surface area contributed by atoms with Gasteiger partial charge in [0, 0.05) is 22.2 Å². The normalized spacial score (nSPS) is 13.2. The zero-order chi connectivity index (χ0) is 12.3. The first kappa shape index (κ1) is 14.4. The van der Waals surface area contributed by atoms with Gasteiger partial charge in [-0.05, 0) is 42.6 Å². The van der Waals surface area contributed by atoms with Crippen molar-refractivity contribution in [3.8, 4) is 0 Å². The van der Waals surface area contributed by atoms with Gasteiger partial charge in [0.1, 0.15) is 10.3 Å². The van der Waals surface area contributed by atoms with E-state index in [1.165, 1.54) is 0 Å². The molecule has 0 aliphatic carbocycles. The number of aliphatic hydroxyl groups excluding tert-OH is 1. The summed E-state index contributed by atoms with van der Waals surface area (Å²) in [5.74, 6) is 0. The Morgan fingerprint density at radius 2 is 2.19 bits per heavy atom. The smallest absolute Gasteiger partial charge is 0.136 e. The van der Waals surface area contributed by atoms with Crippen molar-refractivity contribution in [2.45, 2.75) is 19.6 Å². The van der Waals surface area contributed by atoms with Crippen LogP contribution in [0.3, 0.4) is 0 Å². The van der Waals surface area contributed by atoms with Gasteiger partial charge in [0.2, 0.25) is 0 Å². The average Bonchev–Trinajstić information content (AvgIpc) is 2.09. The van der Waals surface area contributed by atoms with E-state index in [1.807, 2.05) is 11.9 Å². The van der Waals surface area contributed by atoms with Gasteiger partial charge >= 0.3 is 0 Å². The van der Waals surface area contributed by atoms with Crippen LogP contribution in [-0.2, 0) is 6.54 Å². The number of pyridine rings is 1. The molecule has 6 heteroatoms. The van der Waals surface area contributed by atoms with Gasteiger partial charge in [0.15, 0.2) is 0 Å². The largest absolute Gasteiger partial charge is 0.392 e. The van der Waals surface area contributed by atoms with E-state index in [0.717, 1.165) is 9.13 Å². The second-order valence-corrected chi connectivity index (χ2v) is 5.65. The molecule has 1 heterocycles. The maximum atomic E-state index is 9.27. The van der Waals surface area contributed by atoms with Crippen LogP contribution >= 0.6 is 45.8 Å². The summed E-state index contributed by atoms with van der Waals surface area (Å²) >= 11 is 14.0. The highest BCUT2D eigenvalue weighted by atomic mass is 127. The Morgan fingerprint density at radius 3 is 2.69 bits per heavy atom. The van der Waals surface area contributed by atoms with Gasteiger partial charge in [-0.15, -0.1) is 0 Å². The molecule has 0 aliphatic heterocycles. The van der Waals surface area contributed by atoms with E-state index in [-0.39, 0.29) is 6.10 Å². The molecule has 0 saturated heterocycles. The topological polar surface area (TPSA) is 36.4 Å². The highest BCUT2D eigenvalue weighted by molar-refractivity contribution is 14.1. The molecule has 0 aromatic carbocycles. The number of likely N-dealkylation sites (N-methyl/N-ethyl adjacent to an activating group) is 1. The Labute approximate surface area is 119 Å². The van der Waals surface area contributed by atoms with Crippen LogP contribution in [0.25, 0.3) is 0 Å². The van der Waals surface area contributed by atoms with E-state index in [0.29, 0.717) is 23.4 Å². The highest BCUT2D eigenvalue weighted by Crippen LogP contribution is 2.24. The van der Waals surface area contributed by atoms with Crippen LogP contribution in [0.2, 0.25) is 10.3 Å². The standard InChI is InChI=1S/C10H13Cl2IN2O/c1-6(16)4-15(2)5-7-8(13)3-9(11)14-10(7)12/h3,6,16H,4-5H2,1-2H3. The van der Waals surface area contributed by atoms with Crippen molar-refractivity contribution in [3.63, 3.8) is 0 Å². The molecule has 1 rings (SSSR count). The van der Waals surface area contributed by atoms with Gasteiger partial charge < -0.3 is 5.11 Å². The maximum absolute atomic E-state index is 9.27. The van der Waals surface area contributed by atoms with Crippen LogP contribution in [0.5, 0.6) is 0 Å². The molecule has 0 aliphatic rings. The van der Waals surface area contributed by atoms with Gasteiger partial charge in [-0.2, -0.15) is 0 Å². The molecule has 1 N–H and O–H groups in total. The van der Waals surface area contributed by atoms with Gasteiger partial charge in [-0.25, -0.2) is 4.98 Å². The second kappa shape index (κ2) is 6.35. The second-order valence-electron chi connectivity index (χ2n) is 3.74. The number of nitrogens with zero attached hydrogens (tertiary/aromatic N) is 2. The lowest BCUT2D eigenvalue weighted by molar-refractivity contribution is 0.138. The fourth-order valence-corrected chi connectivity index (χ4v) is 2.96. The summed E-state index contributed by atoms with van der Waals surface area (Å²) in [4.78, 5) is 5.99. The van der Waals surface area contributed by atoms with E-state index >= 15 is 0 Å². The molecule has 0 spiro atoms. The molecule has 1 unspecified atom stereocenters. The minimum Gasteiger partial charge on any atom is -0.392 e. The van der Waals surface area contributed by atoms with Gasteiger partial charge in [0.05, 0.1) is 6.10 Å². The molecular weight excluding hydrogens is 362 g/mol. The number of hydrogen-bond donors (Lipinski definition) is 1. The summed E-state index contributed by atoms with van der Waals surface area (Å²) in [7, 11) is 1.92. The van der Waals surface area contributed by atoms with Gasteiger partial charge in [-0.1, -0.05) is 23.2 Å². The molecular formula is C10H13Cl2IN2O. The van der Waals surface area contributed by atoms with E-state index in [4.69, 9.17) is 23.2 Å². The van der Waals surface area contributed by atoms with Gasteiger partial charge in [0.25, 0.3) is 0 Å². The van der Waals surface area contributed by atoms with Crippen LogP contribution in [0.15, 0.2) is 6.07 Å². The van der Waals surface area contributed by atoms with Crippen molar-refractivity contribution >= 4 is 45.8 Å². The lowest BCUT2D eigenvalue weighted by atomic mass is 10.2. The van der Waals surface area contributed by atoms with E-state index in [2.05, 4.69) is 27.6 Å². The summed E-state index contributed by atoms with van der Waals surface area (Å²) in [5.41, 5.74) is 0.940. The fraction of sp³-hybridized carbons (Fsp3) is 0.500. The molecule has 0 bridgehead atoms. The summed E-state index contributed by atoms with van der Waals surface area (Å²) < 4.78 is 0.986. The number of halogens is 3. The van der Waals surface area contributed by atoms with Gasteiger partial charge in [-0.3, -0.25) is 4.90 Å². The predicted molar refractivity (Wildman–Crippen MR) is 75.0 cm³/mol. The molecule has 0 radical (unpaired) electrons. The van der Waals surface area contributed by atoms with Crippen molar-refractivity contribution in [3.05, 3.63) is 25.5 Å². The average molecular weight is 375 g/mol. The third-order valence-electron chi connectivity index (χ3n) is 1.99. The minimum atomic E-state index is -0.360. The van der Waals surface area contributed by atoms with Crippen LogP contribution in [0, 0.1) is 3.57 Å². The molecule has 1 aromatic heterocycles. The zero-order valence-electron chi connectivity index (χ0n) is 9.04. The first-order chi connectivity index (χ1) is 7.40. The lowest BCUT2D eigenvalue weighted by Crippen LogP contribution is -2.27. The zero-order valence-corrected chi connectivity index (χ0v) is 12.7. The molecule has 16 heavy (non-hydrogen) atoms. The monoisotopic (exact) mass is 374 g/mol. The molecule has 1 atom stereocenters. The van der Waals surface area contributed by atoms with Crippen molar-refractivity contribution in [2.24, 2.45) is 0 Å². The van der Waals surface area contributed by atoms with Crippen molar-refractivity contribution < 1.29 is 5.11 Å². The summed E-state index contributed by atoms with van der Waals surface area (Å²) in [6.07, 6.45) is -0.360. The first-order valence-electron chi connectivity index (χ1n) is 4.77. The third kappa shape index (κ3) is 4.33. The molecule has 0 fully saturated rings. The lowest BCUT2D eigenvalue weighted by Gasteiger charge is -2.19. The predicted octanol–water partition coefficient (Wildman–Crippen LogP) is 2.81. The number of hydrogen-bond acceptors (Lipinski definition) is 3. The molecule has 3 nitrogen and oxygen atoms in total. The molecule has 1 aromatic rings. The number of rotatable bonds is 4. The third-order valence-corrected chi connectivity index (χ3v) is 3.46. The van der Waals surface area contributed by atoms with E-state index in [1.54, 1.807) is 13.0 Å².